The van der Waals surface area contributed by atoms with Gasteiger partial charge in [0.05, 0.1) is 6.10 Å². The van der Waals surface area contributed by atoms with Crippen LogP contribution in [0.25, 0.3) is 0 Å². The average molecular weight is 413 g/mol. The summed E-state index contributed by atoms with van der Waals surface area (Å²) >= 11 is 0. The Morgan fingerprint density at radius 1 is 1.20 bits per heavy atom. The largest absolute Gasteiger partial charge is 0.396 e. The maximum atomic E-state index is 10.5. The smallest absolute Gasteiger partial charge is 0.0543 e. The van der Waals surface area contributed by atoms with Crippen LogP contribution in [0.2, 0.25) is 0 Å². The molecule has 4 nitrogen and oxygen atoms in total. The number of hydrogen-bond acceptors (Lipinski definition) is 4. The molecule has 0 bridgehead atoms. The minimum Gasteiger partial charge on any atom is -0.396 e. The number of pyridine rings is 1. The first-order valence-corrected chi connectivity index (χ1v) is 12.0. The fourth-order valence-corrected chi connectivity index (χ4v) is 7.36. The van der Waals surface area contributed by atoms with Gasteiger partial charge in [-0.15, -0.1) is 0 Å². The lowest BCUT2D eigenvalue weighted by Gasteiger charge is -2.56. The quantitative estimate of drug-likeness (QED) is 0.609. The van der Waals surface area contributed by atoms with Crippen LogP contribution in [-0.2, 0) is 6.54 Å². The first-order chi connectivity index (χ1) is 14.4. The molecule has 3 N–H and O–H groups in total. The molecule has 1 aromatic heterocycles. The minimum atomic E-state index is -0.198. The lowest BCUT2D eigenvalue weighted by atomic mass is 9.49. The summed E-state index contributed by atoms with van der Waals surface area (Å²) < 4.78 is 0. The molecule has 0 aliphatic heterocycles. The van der Waals surface area contributed by atoms with Crippen molar-refractivity contribution in [1.82, 2.24) is 10.3 Å². The van der Waals surface area contributed by atoms with Crippen LogP contribution in [0.4, 0.5) is 0 Å². The van der Waals surface area contributed by atoms with Crippen molar-refractivity contribution in [2.45, 2.75) is 71.4 Å². The van der Waals surface area contributed by atoms with E-state index < -0.39 is 0 Å². The monoisotopic (exact) mass is 412 g/mol. The van der Waals surface area contributed by atoms with Gasteiger partial charge in [-0.2, -0.15) is 0 Å². The molecule has 1 aromatic rings. The average Bonchev–Trinajstić information content (AvgIpc) is 3.05. The van der Waals surface area contributed by atoms with Crippen LogP contribution in [0, 0.1) is 34.5 Å². The summed E-state index contributed by atoms with van der Waals surface area (Å²) in [4.78, 5) is 4.21. The van der Waals surface area contributed by atoms with E-state index in [-0.39, 0.29) is 23.5 Å². The molecule has 3 aliphatic rings. The topological polar surface area (TPSA) is 65.4 Å². The molecule has 0 radical (unpaired) electrons. The van der Waals surface area contributed by atoms with Crippen molar-refractivity contribution in [3.05, 3.63) is 42.2 Å². The van der Waals surface area contributed by atoms with Crippen LogP contribution in [0.3, 0.4) is 0 Å². The third-order valence-electron chi connectivity index (χ3n) is 9.40. The van der Waals surface area contributed by atoms with Gasteiger partial charge in [0.1, 0.15) is 0 Å². The van der Waals surface area contributed by atoms with Gasteiger partial charge in [0.2, 0.25) is 0 Å². The van der Waals surface area contributed by atoms with Crippen molar-refractivity contribution in [3.63, 3.8) is 0 Å². The SMILES string of the molecule is C=C1CCC2C(CO)C(C3(C)CCC(O)CC3CNCc3cccnc3)CCC12C. The Bertz CT molecular complexity index is 738. The number of allylic oxidation sites excluding steroid dienone is 1. The van der Waals surface area contributed by atoms with E-state index in [1.54, 1.807) is 0 Å². The van der Waals surface area contributed by atoms with E-state index in [1.165, 1.54) is 30.4 Å². The lowest BCUT2D eigenvalue weighted by Crippen LogP contribution is -2.53. The van der Waals surface area contributed by atoms with E-state index in [4.69, 9.17) is 0 Å². The third kappa shape index (κ3) is 3.87. The van der Waals surface area contributed by atoms with Crippen LogP contribution in [0.15, 0.2) is 36.7 Å². The maximum absolute atomic E-state index is 10.5. The molecular weight excluding hydrogens is 372 g/mol. The fraction of sp³-hybridized carbons (Fsp3) is 0.731. The molecular formula is C26H40N2O2. The van der Waals surface area contributed by atoms with Gasteiger partial charge in [-0.05, 0) is 97.6 Å². The number of nitrogens with one attached hydrogen (secondary N) is 1. The van der Waals surface area contributed by atoms with Crippen LogP contribution < -0.4 is 5.32 Å². The van der Waals surface area contributed by atoms with Gasteiger partial charge in [-0.25, -0.2) is 0 Å². The van der Waals surface area contributed by atoms with Gasteiger partial charge >= 0.3 is 0 Å². The predicted molar refractivity (Wildman–Crippen MR) is 121 cm³/mol. The van der Waals surface area contributed by atoms with Gasteiger partial charge in [0, 0.05) is 25.5 Å². The van der Waals surface area contributed by atoms with Crippen LogP contribution in [0.5, 0.6) is 0 Å². The summed E-state index contributed by atoms with van der Waals surface area (Å²) in [5, 5.41) is 24.6. The molecule has 7 atom stereocenters. The minimum absolute atomic E-state index is 0.153. The van der Waals surface area contributed by atoms with Gasteiger partial charge in [0.15, 0.2) is 0 Å². The number of hydrogen-bond donors (Lipinski definition) is 3. The highest BCUT2D eigenvalue weighted by molar-refractivity contribution is 5.20. The first-order valence-electron chi connectivity index (χ1n) is 12.0. The Hall–Kier alpha value is -1.23. The van der Waals surface area contributed by atoms with E-state index in [9.17, 15) is 10.2 Å². The molecule has 166 valence electrons. The summed E-state index contributed by atoms with van der Waals surface area (Å²) in [5.41, 5.74) is 2.97. The zero-order valence-corrected chi connectivity index (χ0v) is 18.8. The molecule has 30 heavy (non-hydrogen) atoms. The van der Waals surface area contributed by atoms with Gasteiger partial charge in [-0.1, -0.05) is 32.1 Å². The second-order valence-electron chi connectivity index (χ2n) is 10.8. The van der Waals surface area contributed by atoms with Gasteiger partial charge < -0.3 is 15.5 Å². The third-order valence-corrected chi connectivity index (χ3v) is 9.40. The maximum Gasteiger partial charge on any atom is 0.0543 e. The lowest BCUT2D eigenvalue weighted by molar-refractivity contribution is -0.0930. The van der Waals surface area contributed by atoms with E-state index in [2.05, 4.69) is 36.8 Å². The number of rotatable bonds is 6. The van der Waals surface area contributed by atoms with Crippen LogP contribution in [0.1, 0.15) is 64.4 Å². The fourth-order valence-electron chi connectivity index (χ4n) is 7.36. The van der Waals surface area contributed by atoms with Gasteiger partial charge in [0.25, 0.3) is 0 Å². The van der Waals surface area contributed by atoms with Crippen molar-refractivity contribution in [1.29, 1.82) is 0 Å². The second-order valence-corrected chi connectivity index (χ2v) is 10.8. The number of aromatic nitrogens is 1. The number of aliphatic hydroxyl groups excluding tert-OH is 2. The van der Waals surface area contributed by atoms with E-state index >= 15 is 0 Å². The zero-order chi connectivity index (χ0) is 21.4. The molecule has 0 saturated heterocycles. The molecule has 0 aromatic carbocycles. The Labute approximate surface area is 182 Å². The van der Waals surface area contributed by atoms with Crippen molar-refractivity contribution in [3.8, 4) is 0 Å². The van der Waals surface area contributed by atoms with Crippen LogP contribution >= 0.6 is 0 Å². The first kappa shape index (κ1) is 22.0. The Morgan fingerprint density at radius 3 is 2.77 bits per heavy atom. The van der Waals surface area contributed by atoms with Crippen molar-refractivity contribution in [2.24, 2.45) is 34.5 Å². The van der Waals surface area contributed by atoms with E-state index in [1.807, 2.05) is 18.5 Å². The molecule has 0 amide bonds. The van der Waals surface area contributed by atoms with E-state index in [0.29, 0.717) is 23.7 Å². The van der Waals surface area contributed by atoms with Crippen molar-refractivity contribution in [2.75, 3.05) is 13.2 Å². The zero-order valence-electron chi connectivity index (χ0n) is 18.8. The summed E-state index contributed by atoms with van der Waals surface area (Å²) in [5.74, 6) is 1.85. The highest BCUT2D eigenvalue weighted by atomic mass is 16.3. The van der Waals surface area contributed by atoms with E-state index in [0.717, 1.165) is 38.8 Å². The van der Waals surface area contributed by atoms with Gasteiger partial charge in [-0.3, -0.25) is 4.98 Å². The normalized spacial score (nSPS) is 41.6. The summed E-state index contributed by atoms with van der Waals surface area (Å²) in [6, 6.07) is 4.08. The number of nitrogens with zero attached hydrogens (tertiary/aromatic N) is 1. The standard InChI is InChI=1S/C26H40N2O2/c1-18-6-7-23-22(17-29)24(9-11-25(18,23)2)26(3)10-8-21(30)13-20(26)16-28-15-19-5-4-12-27-14-19/h4-5,12,14,20-24,28-30H,1,6-11,13,15-17H2,2-3H3. The molecule has 3 saturated carbocycles. The highest BCUT2D eigenvalue weighted by Crippen LogP contribution is 2.63. The molecule has 3 fully saturated rings. The number of aliphatic hydroxyl groups is 2. The highest BCUT2D eigenvalue weighted by Gasteiger charge is 2.56. The Kier molecular flexibility index (Phi) is 6.39. The molecule has 0 spiro atoms. The Balaban J connectivity index is 1.51. The summed E-state index contributed by atoms with van der Waals surface area (Å²) in [6.07, 6.45) is 11.0. The van der Waals surface area contributed by atoms with Crippen LogP contribution in [-0.4, -0.2) is 34.5 Å². The molecule has 4 rings (SSSR count). The van der Waals surface area contributed by atoms with Crippen molar-refractivity contribution >= 4 is 0 Å². The Morgan fingerprint density at radius 2 is 2.03 bits per heavy atom. The predicted octanol–water partition coefficient (Wildman–Crippen LogP) is 4.33. The summed E-state index contributed by atoms with van der Waals surface area (Å²) in [6.45, 7) is 11.2. The molecule has 3 aliphatic carbocycles. The number of fused-ring (bicyclic) bond motifs is 1. The molecule has 1 heterocycles. The molecule has 4 heteroatoms. The molecule has 7 unspecified atom stereocenters. The van der Waals surface area contributed by atoms with Crippen molar-refractivity contribution < 1.29 is 10.2 Å². The summed E-state index contributed by atoms with van der Waals surface area (Å²) in [7, 11) is 0. The second kappa shape index (κ2) is 8.72.